The molecule has 0 saturated heterocycles. The van der Waals surface area contributed by atoms with Crippen LogP contribution in [-0.4, -0.2) is 22.4 Å². The zero-order valence-electron chi connectivity index (χ0n) is 21.0. The Morgan fingerprint density at radius 3 is 2.19 bits per heavy atom. The first-order chi connectivity index (χ1) is 17.7. The number of hydrogen-bond acceptors (Lipinski definition) is 3. The summed E-state index contributed by atoms with van der Waals surface area (Å²) in [7, 11) is 0. The summed E-state index contributed by atoms with van der Waals surface area (Å²) in [5, 5.41) is 6.24. The zero-order valence-corrected chi connectivity index (χ0v) is 22.6. The van der Waals surface area contributed by atoms with E-state index in [1.165, 1.54) is 10.2 Å². The Bertz CT molecular complexity index is 1450. The van der Waals surface area contributed by atoms with E-state index in [-0.39, 0.29) is 5.69 Å². The van der Waals surface area contributed by atoms with Crippen LogP contribution >= 0.6 is 15.9 Å². The maximum absolute atomic E-state index is 13.3. The molecule has 0 aliphatic heterocycles. The van der Waals surface area contributed by atoms with E-state index in [1.807, 2.05) is 50.2 Å². The van der Waals surface area contributed by atoms with E-state index < -0.39 is 17.7 Å². The molecule has 7 nitrogen and oxygen atoms in total. The molecule has 0 fully saturated rings. The fourth-order valence-corrected chi connectivity index (χ4v) is 4.57. The van der Waals surface area contributed by atoms with Crippen LogP contribution in [0.4, 0.5) is 11.4 Å². The van der Waals surface area contributed by atoms with E-state index >= 15 is 0 Å². The largest absolute Gasteiger partial charge is 0.328 e. The van der Waals surface area contributed by atoms with Crippen molar-refractivity contribution in [1.29, 1.82) is 0 Å². The minimum Gasteiger partial charge on any atom is -0.321 e. The highest BCUT2D eigenvalue weighted by Crippen LogP contribution is 2.24. The molecule has 0 atom stereocenters. The van der Waals surface area contributed by atoms with Crippen molar-refractivity contribution in [3.8, 4) is 0 Å². The van der Waals surface area contributed by atoms with Crippen molar-refractivity contribution in [3.63, 3.8) is 0 Å². The molecule has 0 aliphatic carbocycles. The number of unbranched alkanes of at least 4 members (excludes halogenated alkanes) is 1. The van der Waals surface area contributed by atoms with E-state index in [2.05, 4.69) is 38.9 Å². The van der Waals surface area contributed by atoms with Crippen molar-refractivity contribution >= 4 is 55.9 Å². The number of anilines is 2. The van der Waals surface area contributed by atoms with Crippen molar-refractivity contribution in [2.75, 3.05) is 16.1 Å². The second-order valence-electron chi connectivity index (χ2n) is 9.09. The number of nitrogens with one attached hydrogen (secondary N) is 3. The number of carbonyl (C=O) groups is 3. The molecule has 4 rings (SSSR count). The number of nitrogens with zero attached hydrogens (tertiary/aromatic N) is 1. The Kier molecular flexibility index (Phi) is 8.08. The third-order valence-electron chi connectivity index (χ3n) is 5.93. The van der Waals surface area contributed by atoms with Crippen LogP contribution < -0.4 is 16.1 Å². The van der Waals surface area contributed by atoms with E-state index in [0.29, 0.717) is 16.9 Å². The predicted molar refractivity (Wildman–Crippen MR) is 152 cm³/mol. The number of aryl methyl sites for hydroxylation is 3. The highest BCUT2D eigenvalue weighted by molar-refractivity contribution is 9.10. The van der Waals surface area contributed by atoms with Gasteiger partial charge in [0, 0.05) is 21.2 Å². The summed E-state index contributed by atoms with van der Waals surface area (Å²) in [5.74, 6) is -2.14. The van der Waals surface area contributed by atoms with Gasteiger partial charge >= 0.3 is 11.8 Å². The van der Waals surface area contributed by atoms with Gasteiger partial charge in [-0.3, -0.25) is 19.8 Å². The molecule has 0 saturated carbocycles. The van der Waals surface area contributed by atoms with E-state index in [1.54, 1.807) is 30.3 Å². The number of halogens is 1. The number of aromatic nitrogens is 1. The van der Waals surface area contributed by atoms with Gasteiger partial charge in [0.2, 0.25) is 0 Å². The lowest BCUT2D eigenvalue weighted by atomic mass is 10.1. The van der Waals surface area contributed by atoms with Crippen LogP contribution in [0.5, 0.6) is 0 Å². The highest BCUT2D eigenvalue weighted by Gasteiger charge is 2.21. The van der Waals surface area contributed by atoms with Gasteiger partial charge in [-0.25, -0.2) is 4.68 Å². The van der Waals surface area contributed by atoms with Gasteiger partial charge in [0.25, 0.3) is 5.91 Å². The van der Waals surface area contributed by atoms with Crippen molar-refractivity contribution in [3.05, 3.63) is 93.6 Å². The first-order valence-corrected chi connectivity index (χ1v) is 12.9. The summed E-state index contributed by atoms with van der Waals surface area (Å²) in [5.41, 5.74) is 7.74. The van der Waals surface area contributed by atoms with Crippen LogP contribution in [0.3, 0.4) is 0 Å². The number of carbonyl (C=O) groups excluding carboxylic acids is 3. The minimum atomic E-state index is -0.893. The first kappa shape index (κ1) is 26.2. The van der Waals surface area contributed by atoms with Crippen LogP contribution in [0.25, 0.3) is 10.9 Å². The Morgan fingerprint density at radius 1 is 0.811 bits per heavy atom. The molecule has 3 aromatic carbocycles. The summed E-state index contributed by atoms with van der Waals surface area (Å²) in [6, 6.07) is 20.3. The average Bonchev–Trinajstić information content (AvgIpc) is 3.20. The smallest absolute Gasteiger partial charge is 0.321 e. The Balaban J connectivity index is 1.56. The number of hydrogen-bond donors (Lipinski definition) is 3. The highest BCUT2D eigenvalue weighted by atomic mass is 79.9. The van der Waals surface area contributed by atoms with Gasteiger partial charge in [-0.05, 0) is 91.9 Å². The minimum absolute atomic E-state index is 0.189. The maximum atomic E-state index is 13.3. The zero-order chi connectivity index (χ0) is 26.5. The third-order valence-corrected chi connectivity index (χ3v) is 6.42. The Morgan fingerprint density at radius 2 is 1.51 bits per heavy atom. The van der Waals surface area contributed by atoms with Crippen LogP contribution in [0.1, 0.15) is 46.9 Å². The predicted octanol–water partition coefficient (Wildman–Crippen LogP) is 6.32. The number of rotatable bonds is 7. The second kappa shape index (κ2) is 11.4. The lowest BCUT2D eigenvalue weighted by Crippen LogP contribution is -2.36. The molecule has 0 spiro atoms. The quantitative estimate of drug-likeness (QED) is 0.231. The van der Waals surface area contributed by atoms with Gasteiger partial charge < -0.3 is 10.6 Å². The molecule has 190 valence electrons. The maximum Gasteiger partial charge on any atom is 0.328 e. The molecule has 8 heteroatoms. The molecular formula is C29H29BrN4O3. The molecular weight excluding hydrogens is 532 g/mol. The fraction of sp³-hybridized carbons (Fsp3) is 0.207. The molecule has 0 aliphatic rings. The number of amides is 3. The lowest BCUT2D eigenvalue weighted by Gasteiger charge is -2.13. The monoisotopic (exact) mass is 560 g/mol. The SMILES string of the molecule is CCCCc1ccc(NC(=O)C(=O)Nn2c(C(=O)Nc3cc(C)cc(C)c3)cc3cc(Br)ccc32)cc1. The lowest BCUT2D eigenvalue weighted by molar-refractivity contribution is -0.133. The van der Waals surface area contributed by atoms with E-state index in [9.17, 15) is 14.4 Å². The molecule has 37 heavy (non-hydrogen) atoms. The van der Waals surface area contributed by atoms with Gasteiger partial charge in [0.15, 0.2) is 0 Å². The summed E-state index contributed by atoms with van der Waals surface area (Å²) >= 11 is 3.44. The average molecular weight is 561 g/mol. The summed E-state index contributed by atoms with van der Waals surface area (Å²) in [6.45, 7) is 6.04. The molecule has 0 unspecified atom stereocenters. The molecule has 0 radical (unpaired) electrons. The van der Waals surface area contributed by atoms with Crippen molar-refractivity contribution in [2.45, 2.75) is 40.0 Å². The van der Waals surface area contributed by atoms with Gasteiger partial charge in [-0.15, -0.1) is 0 Å². The Labute approximate surface area is 224 Å². The van der Waals surface area contributed by atoms with E-state index in [4.69, 9.17) is 0 Å². The fourth-order valence-electron chi connectivity index (χ4n) is 4.19. The van der Waals surface area contributed by atoms with Gasteiger partial charge in [0.05, 0.1) is 5.52 Å². The van der Waals surface area contributed by atoms with Crippen molar-refractivity contribution < 1.29 is 14.4 Å². The number of fused-ring (bicyclic) bond motifs is 1. The first-order valence-electron chi connectivity index (χ1n) is 12.2. The molecule has 0 bridgehead atoms. The second-order valence-corrected chi connectivity index (χ2v) is 10.0. The number of benzene rings is 3. The summed E-state index contributed by atoms with van der Waals surface area (Å²) in [6.07, 6.45) is 3.16. The molecule has 3 N–H and O–H groups in total. The molecule has 1 aromatic heterocycles. The van der Waals surface area contributed by atoms with E-state index in [0.717, 1.165) is 40.2 Å². The van der Waals surface area contributed by atoms with Crippen molar-refractivity contribution in [1.82, 2.24) is 4.68 Å². The molecule has 3 amide bonds. The van der Waals surface area contributed by atoms with Gasteiger partial charge in [0.1, 0.15) is 5.69 Å². The van der Waals surface area contributed by atoms with Crippen LogP contribution in [0.15, 0.2) is 71.2 Å². The normalized spacial score (nSPS) is 10.8. The molecule has 4 aromatic rings. The Hall–Kier alpha value is -3.91. The van der Waals surface area contributed by atoms with Crippen molar-refractivity contribution in [2.24, 2.45) is 0 Å². The van der Waals surface area contributed by atoms with Crippen LogP contribution in [-0.2, 0) is 16.0 Å². The summed E-state index contributed by atoms with van der Waals surface area (Å²) in [4.78, 5) is 38.8. The topological polar surface area (TPSA) is 92.2 Å². The van der Waals surface area contributed by atoms with Crippen LogP contribution in [0.2, 0.25) is 0 Å². The van der Waals surface area contributed by atoms with Gasteiger partial charge in [-0.2, -0.15) is 0 Å². The standard InChI is InChI=1S/C29H29BrN4O3/c1-4-5-6-20-7-10-23(11-8-20)31-28(36)29(37)33-34-25-12-9-22(30)16-21(25)17-26(34)27(35)32-24-14-18(2)13-19(3)15-24/h7-17H,4-6H2,1-3H3,(H,31,36)(H,32,35)(H,33,37). The third kappa shape index (κ3) is 6.46. The van der Waals surface area contributed by atoms with Gasteiger partial charge in [-0.1, -0.05) is 47.5 Å². The summed E-state index contributed by atoms with van der Waals surface area (Å²) < 4.78 is 2.17. The van der Waals surface area contributed by atoms with Crippen LogP contribution in [0, 0.1) is 13.8 Å². The molecule has 1 heterocycles.